The first-order valence-electron chi connectivity index (χ1n) is 6.56. The highest BCUT2D eigenvalue weighted by Gasteiger charge is 2.07. The second kappa shape index (κ2) is 5.29. The summed E-state index contributed by atoms with van der Waals surface area (Å²) in [6.07, 6.45) is 3.94. The van der Waals surface area contributed by atoms with Crippen molar-refractivity contribution in [3.63, 3.8) is 0 Å². The highest BCUT2D eigenvalue weighted by Crippen LogP contribution is 2.25. The van der Waals surface area contributed by atoms with Crippen LogP contribution in [0.4, 0.5) is 5.69 Å². The maximum atomic E-state index is 4.21. The Morgan fingerprint density at radius 2 is 1.90 bits per heavy atom. The summed E-state index contributed by atoms with van der Waals surface area (Å²) in [5.74, 6) is 0. The summed E-state index contributed by atoms with van der Waals surface area (Å²) < 4.78 is 2.93. The number of halogens is 1. The van der Waals surface area contributed by atoms with Crippen LogP contribution in [0, 0.1) is 0 Å². The minimum Gasteiger partial charge on any atom is -0.378 e. The van der Waals surface area contributed by atoms with Gasteiger partial charge in [0, 0.05) is 29.0 Å². The number of aryl methyl sites for hydroxylation is 1. The summed E-state index contributed by atoms with van der Waals surface area (Å²) >= 11 is 3.50. The van der Waals surface area contributed by atoms with Crippen LogP contribution >= 0.6 is 15.9 Å². The van der Waals surface area contributed by atoms with Gasteiger partial charge in [0.25, 0.3) is 0 Å². The Balaban J connectivity index is 1.85. The van der Waals surface area contributed by atoms with Crippen molar-refractivity contribution in [1.29, 1.82) is 0 Å². The summed E-state index contributed by atoms with van der Waals surface area (Å²) in [6, 6.07) is 13.0. The number of aromatic nitrogens is 2. The molecule has 2 aromatic carbocycles. The molecule has 1 unspecified atom stereocenters. The third-order valence-electron chi connectivity index (χ3n) is 3.41. The maximum absolute atomic E-state index is 4.21. The largest absolute Gasteiger partial charge is 0.378 e. The monoisotopic (exact) mass is 329 g/mol. The molecule has 3 rings (SSSR count). The third kappa shape index (κ3) is 2.70. The molecule has 3 nitrogen and oxygen atoms in total. The van der Waals surface area contributed by atoms with E-state index in [9.17, 15) is 0 Å². The van der Waals surface area contributed by atoms with Gasteiger partial charge in [-0.3, -0.25) is 4.68 Å². The van der Waals surface area contributed by atoms with Gasteiger partial charge < -0.3 is 5.32 Å². The van der Waals surface area contributed by atoms with E-state index in [0.29, 0.717) is 0 Å². The molecule has 1 aromatic heterocycles. The molecule has 1 atom stereocenters. The van der Waals surface area contributed by atoms with Crippen LogP contribution in [0.2, 0.25) is 0 Å². The van der Waals surface area contributed by atoms with E-state index in [1.54, 1.807) is 0 Å². The molecule has 0 aliphatic rings. The maximum Gasteiger partial charge on any atom is 0.0542 e. The molecule has 0 spiro atoms. The average molecular weight is 330 g/mol. The highest BCUT2D eigenvalue weighted by atomic mass is 79.9. The lowest BCUT2D eigenvalue weighted by Gasteiger charge is -2.14. The number of nitrogens with zero attached hydrogens (tertiary/aromatic N) is 2. The zero-order valence-electron chi connectivity index (χ0n) is 11.5. The first-order valence-corrected chi connectivity index (χ1v) is 7.35. The molecule has 1 N–H and O–H groups in total. The van der Waals surface area contributed by atoms with E-state index in [4.69, 9.17) is 0 Å². The van der Waals surface area contributed by atoms with Crippen molar-refractivity contribution in [3.8, 4) is 0 Å². The standard InChI is InChI=1S/C16H16BrN3/c1-11(14-9-18-20(2)10-14)19-16-6-4-12-7-15(17)5-3-13(12)8-16/h3-11,19H,1-2H3. The molecular formula is C16H16BrN3. The summed E-state index contributed by atoms with van der Waals surface area (Å²) in [6.45, 7) is 2.14. The summed E-state index contributed by atoms with van der Waals surface area (Å²) in [4.78, 5) is 0. The molecule has 0 aliphatic carbocycles. The number of hydrogen-bond acceptors (Lipinski definition) is 2. The predicted molar refractivity (Wildman–Crippen MR) is 86.9 cm³/mol. The number of fused-ring (bicyclic) bond motifs is 1. The average Bonchev–Trinajstić information content (AvgIpc) is 2.86. The normalized spacial score (nSPS) is 12.6. The molecule has 20 heavy (non-hydrogen) atoms. The Labute approximate surface area is 126 Å². The summed E-state index contributed by atoms with van der Waals surface area (Å²) in [5, 5.41) is 10.2. The number of nitrogens with one attached hydrogen (secondary N) is 1. The van der Waals surface area contributed by atoms with Gasteiger partial charge in [0.2, 0.25) is 0 Å². The molecule has 3 aromatic rings. The zero-order chi connectivity index (χ0) is 14.1. The lowest BCUT2D eigenvalue weighted by molar-refractivity contribution is 0.765. The SMILES string of the molecule is CC(Nc1ccc2cc(Br)ccc2c1)c1cnn(C)c1. The van der Waals surface area contributed by atoms with Gasteiger partial charge in [-0.15, -0.1) is 0 Å². The first kappa shape index (κ1) is 13.2. The number of rotatable bonds is 3. The molecule has 4 heteroatoms. The Morgan fingerprint density at radius 1 is 1.15 bits per heavy atom. The van der Waals surface area contributed by atoms with E-state index >= 15 is 0 Å². The van der Waals surface area contributed by atoms with Gasteiger partial charge >= 0.3 is 0 Å². The minimum absolute atomic E-state index is 0.233. The second-order valence-corrected chi connectivity index (χ2v) is 5.94. The molecule has 0 radical (unpaired) electrons. The van der Waals surface area contributed by atoms with Gasteiger partial charge in [-0.05, 0) is 42.0 Å². The molecule has 102 valence electrons. The van der Waals surface area contributed by atoms with Crippen LogP contribution in [0.1, 0.15) is 18.5 Å². The van der Waals surface area contributed by atoms with Gasteiger partial charge in [-0.1, -0.05) is 28.1 Å². The van der Waals surface area contributed by atoms with E-state index in [-0.39, 0.29) is 6.04 Å². The van der Waals surface area contributed by atoms with Gasteiger partial charge in [-0.2, -0.15) is 5.10 Å². The van der Waals surface area contributed by atoms with Crippen LogP contribution < -0.4 is 5.32 Å². The van der Waals surface area contributed by atoms with E-state index < -0.39 is 0 Å². The quantitative estimate of drug-likeness (QED) is 0.766. The fourth-order valence-corrected chi connectivity index (χ4v) is 2.68. The van der Waals surface area contributed by atoms with Crippen LogP contribution in [0.5, 0.6) is 0 Å². The number of anilines is 1. The molecule has 1 heterocycles. The van der Waals surface area contributed by atoms with Crippen molar-refractivity contribution >= 4 is 32.4 Å². The van der Waals surface area contributed by atoms with Crippen molar-refractivity contribution in [3.05, 3.63) is 58.8 Å². The molecule has 0 fully saturated rings. The predicted octanol–water partition coefficient (Wildman–Crippen LogP) is 4.51. The summed E-state index contributed by atoms with van der Waals surface area (Å²) in [5.41, 5.74) is 2.31. The van der Waals surface area contributed by atoms with Crippen molar-refractivity contribution in [2.75, 3.05) is 5.32 Å². The molecule has 0 amide bonds. The highest BCUT2D eigenvalue weighted by molar-refractivity contribution is 9.10. The molecule has 0 bridgehead atoms. The van der Waals surface area contributed by atoms with E-state index in [0.717, 1.165) is 10.2 Å². The van der Waals surface area contributed by atoms with Crippen molar-refractivity contribution in [2.45, 2.75) is 13.0 Å². The first-order chi connectivity index (χ1) is 9.61. The van der Waals surface area contributed by atoms with Gasteiger partial charge in [-0.25, -0.2) is 0 Å². The van der Waals surface area contributed by atoms with Crippen LogP contribution in [0.15, 0.2) is 53.3 Å². The van der Waals surface area contributed by atoms with E-state index in [1.807, 2.05) is 24.1 Å². The van der Waals surface area contributed by atoms with Crippen molar-refractivity contribution < 1.29 is 0 Å². The molecular weight excluding hydrogens is 314 g/mol. The van der Waals surface area contributed by atoms with Crippen molar-refractivity contribution in [1.82, 2.24) is 9.78 Å². The lowest BCUT2D eigenvalue weighted by Crippen LogP contribution is -2.05. The smallest absolute Gasteiger partial charge is 0.0542 e. The van der Waals surface area contributed by atoms with Crippen LogP contribution in [-0.4, -0.2) is 9.78 Å². The second-order valence-electron chi connectivity index (χ2n) is 5.02. The Hall–Kier alpha value is -1.81. The fourth-order valence-electron chi connectivity index (χ4n) is 2.30. The topological polar surface area (TPSA) is 29.9 Å². The lowest BCUT2D eigenvalue weighted by atomic mass is 10.1. The number of hydrogen-bond donors (Lipinski definition) is 1. The van der Waals surface area contributed by atoms with E-state index in [2.05, 4.69) is 69.7 Å². The zero-order valence-corrected chi connectivity index (χ0v) is 13.1. The molecule has 0 aliphatic heterocycles. The van der Waals surface area contributed by atoms with Gasteiger partial charge in [0.1, 0.15) is 0 Å². The third-order valence-corrected chi connectivity index (χ3v) is 3.90. The Bertz CT molecular complexity index is 748. The van der Waals surface area contributed by atoms with Crippen LogP contribution in [-0.2, 0) is 7.05 Å². The van der Waals surface area contributed by atoms with Gasteiger partial charge in [0.15, 0.2) is 0 Å². The minimum atomic E-state index is 0.233. The Morgan fingerprint density at radius 3 is 2.65 bits per heavy atom. The number of benzene rings is 2. The van der Waals surface area contributed by atoms with E-state index in [1.165, 1.54) is 16.3 Å². The Kier molecular flexibility index (Phi) is 3.49. The summed E-state index contributed by atoms with van der Waals surface area (Å²) in [7, 11) is 1.93. The van der Waals surface area contributed by atoms with Crippen LogP contribution in [0.25, 0.3) is 10.8 Å². The molecule has 0 saturated heterocycles. The fraction of sp³-hybridized carbons (Fsp3) is 0.188. The molecule has 0 saturated carbocycles. The van der Waals surface area contributed by atoms with Crippen LogP contribution in [0.3, 0.4) is 0 Å². The van der Waals surface area contributed by atoms with Crippen molar-refractivity contribution in [2.24, 2.45) is 7.05 Å². The van der Waals surface area contributed by atoms with Gasteiger partial charge in [0.05, 0.1) is 12.2 Å².